The van der Waals surface area contributed by atoms with Gasteiger partial charge in [-0.1, -0.05) is 41.4 Å². The van der Waals surface area contributed by atoms with E-state index in [1.165, 1.54) is 0 Å². The average Bonchev–Trinajstić information content (AvgIpc) is 3.46. The molecule has 5 aromatic rings. The van der Waals surface area contributed by atoms with E-state index in [9.17, 15) is 9.59 Å². The number of aromatic nitrogens is 4. The number of fused-ring (bicyclic) bond motifs is 1. The van der Waals surface area contributed by atoms with Crippen LogP contribution in [0, 0.1) is 0 Å². The first kappa shape index (κ1) is 26.5. The molecule has 0 atom stereocenters. The van der Waals surface area contributed by atoms with Gasteiger partial charge in [0.15, 0.2) is 0 Å². The Morgan fingerprint density at radius 1 is 1.03 bits per heavy atom. The number of para-hydroxylation sites is 1. The largest absolute Gasteiger partial charge is 0.497 e. The summed E-state index contributed by atoms with van der Waals surface area (Å²) in [5.41, 5.74) is 2.63. The van der Waals surface area contributed by atoms with Crippen LogP contribution in [0.1, 0.15) is 17.1 Å². The summed E-state index contributed by atoms with van der Waals surface area (Å²) in [4.78, 5) is 33.6. The van der Waals surface area contributed by atoms with Crippen LogP contribution in [0.3, 0.4) is 0 Å². The molecule has 39 heavy (non-hydrogen) atoms. The van der Waals surface area contributed by atoms with Gasteiger partial charge in [0.05, 0.1) is 52.4 Å². The van der Waals surface area contributed by atoms with Crippen LogP contribution in [-0.4, -0.2) is 44.2 Å². The van der Waals surface area contributed by atoms with E-state index < -0.39 is 0 Å². The number of aromatic amines is 1. The van der Waals surface area contributed by atoms with Crippen LogP contribution in [0.4, 0.5) is 0 Å². The van der Waals surface area contributed by atoms with Crippen LogP contribution in [0.15, 0.2) is 83.8 Å². The highest BCUT2D eigenvalue weighted by Crippen LogP contribution is 2.23. The summed E-state index contributed by atoms with van der Waals surface area (Å²) in [6, 6.07) is 21.5. The first-order valence-corrected chi connectivity index (χ1v) is 13.0. The van der Waals surface area contributed by atoms with Gasteiger partial charge in [0.1, 0.15) is 11.6 Å². The van der Waals surface area contributed by atoms with Gasteiger partial charge in [-0.15, -0.1) is 0 Å². The van der Waals surface area contributed by atoms with Gasteiger partial charge in [-0.05, 0) is 60.2 Å². The lowest BCUT2D eigenvalue weighted by atomic mass is 10.1. The van der Waals surface area contributed by atoms with Gasteiger partial charge in [-0.25, -0.2) is 4.98 Å². The number of hydrogen-bond acceptors (Lipinski definition) is 5. The lowest BCUT2D eigenvalue weighted by molar-refractivity contribution is -0.131. The normalized spacial score (nSPS) is 11.1. The minimum absolute atomic E-state index is 0.109. The zero-order valence-electron chi connectivity index (χ0n) is 21.1. The molecule has 0 bridgehead atoms. The predicted molar refractivity (Wildman–Crippen MR) is 152 cm³/mol. The van der Waals surface area contributed by atoms with Crippen molar-refractivity contribution in [2.24, 2.45) is 0 Å². The van der Waals surface area contributed by atoms with E-state index in [-0.39, 0.29) is 17.9 Å². The zero-order chi connectivity index (χ0) is 27.4. The minimum atomic E-state index is -0.178. The number of amides is 1. The molecule has 0 unspecified atom stereocenters. The highest BCUT2D eigenvalue weighted by Gasteiger charge is 2.19. The molecule has 5 rings (SSSR count). The van der Waals surface area contributed by atoms with Crippen LogP contribution in [-0.2, 0) is 24.2 Å². The molecule has 0 aliphatic carbocycles. The molecule has 0 spiro atoms. The average molecular weight is 562 g/mol. The van der Waals surface area contributed by atoms with Crippen LogP contribution in [0.5, 0.6) is 5.75 Å². The number of nitrogens with one attached hydrogen (secondary N) is 1. The first-order valence-electron chi connectivity index (χ1n) is 12.3. The standard InChI is InChI=1S/C29H25Cl2N5O3/c1-39-22-9-7-21(8-10-22)36-27(33-26-5-3-2-4-23(26)29(36)38)13-15-35(18-20-12-14-32-34-20)28(37)17-19-6-11-24(30)25(31)16-19/h2-12,14,16H,13,15,17-18H2,1H3,(H,32,34). The number of carbonyl (C=O) groups is 1. The van der Waals surface area contributed by atoms with Crippen molar-refractivity contribution in [1.82, 2.24) is 24.6 Å². The molecular formula is C29H25Cl2N5O3. The van der Waals surface area contributed by atoms with Crippen molar-refractivity contribution in [2.75, 3.05) is 13.7 Å². The Labute approximate surface area is 234 Å². The second-order valence-electron chi connectivity index (χ2n) is 8.96. The molecule has 0 saturated carbocycles. The minimum Gasteiger partial charge on any atom is -0.497 e. The first-order chi connectivity index (χ1) is 18.9. The second-order valence-corrected chi connectivity index (χ2v) is 9.77. The molecular weight excluding hydrogens is 537 g/mol. The van der Waals surface area contributed by atoms with E-state index in [2.05, 4.69) is 10.2 Å². The SMILES string of the molecule is COc1ccc(-n2c(CCN(Cc3ccn[nH]3)C(=O)Cc3ccc(Cl)c(Cl)c3)nc3ccccc3c2=O)cc1. The van der Waals surface area contributed by atoms with Crippen molar-refractivity contribution in [1.29, 1.82) is 0 Å². The monoisotopic (exact) mass is 561 g/mol. The summed E-state index contributed by atoms with van der Waals surface area (Å²) in [7, 11) is 1.59. The Balaban J connectivity index is 1.48. The van der Waals surface area contributed by atoms with Crippen molar-refractivity contribution in [3.63, 3.8) is 0 Å². The van der Waals surface area contributed by atoms with Gasteiger partial charge in [0, 0.05) is 19.2 Å². The summed E-state index contributed by atoms with van der Waals surface area (Å²) < 4.78 is 6.88. The van der Waals surface area contributed by atoms with Gasteiger partial charge < -0.3 is 9.64 Å². The zero-order valence-corrected chi connectivity index (χ0v) is 22.6. The van der Waals surface area contributed by atoms with Crippen molar-refractivity contribution in [2.45, 2.75) is 19.4 Å². The lowest BCUT2D eigenvalue weighted by Gasteiger charge is -2.23. The van der Waals surface area contributed by atoms with Crippen LogP contribution >= 0.6 is 23.2 Å². The summed E-state index contributed by atoms with van der Waals surface area (Å²) in [6.45, 7) is 0.639. The van der Waals surface area contributed by atoms with E-state index in [0.717, 1.165) is 11.3 Å². The van der Waals surface area contributed by atoms with Gasteiger partial charge in [0.25, 0.3) is 5.56 Å². The number of nitrogens with zero attached hydrogens (tertiary/aromatic N) is 4. The molecule has 1 amide bonds. The molecule has 1 N–H and O–H groups in total. The van der Waals surface area contributed by atoms with Crippen LogP contribution < -0.4 is 10.3 Å². The Kier molecular flexibility index (Phi) is 7.95. The molecule has 8 nitrogen and oxygen atoms in total. The molecule has 2 aromatic heterocycles. The molecule has 198 valence electrons. The quantitative estimate of drug-likeness (QED) is 0.265. The Hall–Kier alpha value is -4.14. The van der Waals surface area contributed by atoms with E-state index in [4.69, 9.17) is 32.9 Å². The Morgan fingerprint density at radius 2 is 1.82 bits per heavy atom. The van der Waals surface area contributed by atoms with Crippen LogP contribution in [0.2, 0.25) is 10.0 Å². The number of halogens is 2. The van der Waals surface area contributed by atoms with Crippen molar-refractivity contribution >= 4 is 40.0 Å². The third kappa shape index (κ3) is 5.97. The Bertz CT molecular complexity index is 1670. The van der Waals surface area contributed by atoms with Gasteiger partial charge in [0.2, 0.25) is 5.91 Å². The number of rotatable bonds is 9. The summed E-state index contributed by atoms with van der Waals surface area (Å²) in [5.74, 6) is 1.11. The predicted octanol–water partition coefficient (Wildman–Crippen LogP) is 5.24. The number of carbonyl (C=O) groups excluding carboxylic acids is 1. The van der Waals surface area contributed by atoms with E-state index in [1.807, 2.05) is 36.4 Å². The number of H-pyrrole nitrogens is 1. The lowest BCUT2D eigenvalue weighted by Crippen LogP contribution is -2.35. The molecule has 3 aromatic carbocycles. The maximum atomic E-state index is 13.6. The summed E-state index contributed by atoms with van der Waals surface area (Å²) >= 11 is 12.2. The molecule has 0 aliphatic rings. The fraction of sp³-hybridized carbons (Fsp3) is 0.172. The van der Waals surface area contributed by atoms with Crippen molar-refractivity contribution in [3.05, 3.63) is 116 Å². The van der Waals surface area contributed by atoms with E-state index in [1.54, 1.807) is 59.2 Å². The van der Waals surface area contributed by atoms with Gasteiger partial charge in [-0.3, -0.25) is 19.3 Å². The smallest absolute Gasteiger partial charge is 0.265 e. The van der Waals surface area contributed by atoms with Gasteiger partial charge >= 0.3 is 0 Å². The Morgan fingerprint density at radius 3 is 2.54 bits per heavy atom. The third-order valence-corrected chi connectivity index (χ3v) is 7.13. The number of ether oxygens (including phenoxy) is 1. The van der Waals surface area contributed by atoms with Crippen LogP contribution in [0.25, 0.3) is 16.6 Å². The highest BCUT2D eigenvalue weighted by atomic mass is 35.5. The molecule has 10 heteroatoms. The molecule has 0 radical (unpaired) electrons. The van der Waals surface area contributed by atoms with E-state index in [0.29, 0.717) is 57.7 Å². The number of methoxy groups -OCH3 is 1. The third-order valence-electron chi connectivity index (χ3n) is 6.39. The molecule has 0 aliphatic heterocycles. The van der Waals surface area contributed by atoms with Crippen molar-refractivity contribution < 1.29 is 9.53 Å². The highest BCUT2D eigenvalue weighted by molar-refractivity contribution is 6.42. The second kappa shape index (κ2) is 11.7. The number of hydrogen-bond donors (Lipinski definition) is 1. The summed E-state index contributed by atoms with van der Waals surface area (Å²) in [5, 5.41) is 8.27. The molecule has 2 heterocycles. The number of benzene rings is 3. The molecule has 0 fully saturated rings. The fourth-order valence-corrected chi connectivity index (χ4v) is 4.71. The summed E-state index contributed by atoms with van der Waals surface area (Å²) in [6.07, 6.45) is 2.12. The van der Waals surface area contributed by atoms with E-state index >= 15 is 0 Å². The topological polar surface area (TPSA) is 93.1 Å². The van der Waals surface area contributed by atoms with Gasteiger partial charge in [-0.2, -0.15) is 5.10 Å². The molecule has 0 saturated heterocycles. The fourth-order valence-electron chi connectivity index (χ4n) is 4.39. The van der Waals surface area contributed by atoms with Crippen molar-refractivity contribution in [3.8, 4) is 11.4 Å². The maximum absolute atomic E-state index is 13.6. The maximum Gasteiger partial charge on any atom is 0.265 e.